The summed E-state index contributed by atoms with van der Waals surface area (Å²) in [4.78, 5) is 2.79. The molecule has 0 bridgehead atoms. The molecule has 2 rings (SSSR count). The molecule has 21 heavy (non-hydrogen) atoms. The fraction of sp³-hybridized carbons (Fsp3) is 0.294. The first-order chi connectivity index (χ1) is 9.82. The van der Waals surface area contributed by atoms with Gasteiger partial charge in [0.1, 0.15) is 0 Å². The summed E-state index contributed by atoms with van der Waals surface area (Å²) in [7, 11) is 0. The largest absolute Gasteiger partial charge is 0.379 e. The number of alkyl halides is 3. The lowest BCUT2D eigenvalue weighted by atomic mass is 10.00. The Morgan fingerprint density at radius 1 is 0.810 bits per heavy atom. The highest BCUT2D eigenvalue weighted by molar-refractivity contribution is 7.78. The van der Waals surface area contributed by atoms with Crippen molar-refractivity contribution >= 4 is 11.8 Å². The normalized spacial score (nSPS) is 10.3. The first kappa shape index (κ1) is 17.6. The van der Waals surface area contributed by atoms with Gasteiger partial charge in [-0.05, 0) is 62.6 Å². The molecule has 0 unspecified atom stereocenters. The predicted octanol–water partition coefficient (Wildman–Crippen LogP) is 5.33. The Bertz CT molecular complexity index is 578. The van der Waals surface area contributed by atoms with E-state index < -0.39 is 6.68 Å². The molecular formula is C17H20F3S+. The number of hydrogen-bond acceptors (Lipinski definition) is 0. The first-order valence-corrected chi connectivity index (χ1v) is 7.48. The molecule has 0 heterocycles. The Morgan fingerprint density at radius 3 is 1.86 bits per heavy atom. The van der Waals surface area contributed by atoms with Crippen molar-refractivity contribution in [3.63, 3.8) is 0 Å². The average Bonchev–Trinajstić information content (AvgIpc) is 2.43. The quantitative estimate of drug-likeness (QED) is 0.519. The lowest BCUT2D eigenvalue weighted by molar-refractivity contribution is 0.00819. The van der Waals surface area contributed by atoms with Gasteiger partial charge in [-0.2, -0.15) is 13.2 Å². The number of benzene rings is 2. The topological polar surface area (TPSA) is 0 Å². The molecule has 2 aromatic rings. The summed E-state index contributed by atoms with van der Waals surface area (Å²) in [6, 6.07) is 13.0. The molecule has 0 aliphatic rings. The van der Waals surface area contributed by atoms with E-state index in [1.54, 1.807) is 0 Å². The van der Waals surface area contributed by atoms with Gasteiger partial charge in [0.15, 0.2) is 9.79 Å². The van der Waals surface area contributed by atoms with Crippen LogP contribution in [-0.4, -0.2) is 6.68 Å². The summed E-state index contributed by atoms with van der Waals surface area (Å²) in [6.07, 6.45) is 0. The molecular weight excluding hydrogens is 293 g/mol. The smallest absolute Gasteiger partial charge is 0.174 e. The van der Waals surface area contributed by atoms with Crippen LogP contribution in [0.25, 0.3) is 0 Å². The van der Waals surface area contributed by atoms with E-state index >= 15 is 0 Å². The molecule has 0 radical (unpaired) electrons. The van der Waals surface area contributed by atoms with Crippen molar-refractivity contribution in [2.24, 2.45) is 0 Å². The van der Waals surface area contributed by atoms with Gasteiger partial charge in [0.2, 0.25) is 0 Å². The lowest BCUT2D eigenvalue weighted by Gasteiger charge is -2.09. The summed E-state index contributed by atoms with van der Waals surface area (Å²) in [6.45, 7) is 5.20. The second kappa shape index (κ2) is 8.13. The Morgan fingerprint density at radius 2 is 1.33 bits per heavy atom. The van der Waals surface area contributed by atoms with Crippen molar-refractivity contribution in [3.05, 3.63) is 58.7 Å². The molecule has 2 aromatic carbocycles. The van der Waals surface area contributed by atoms with Crippen molar-refractivity contribution in [2.45, 2.75) is 44.2 Å². The zero-order valence-corrected chi connectivity index (χ0v) is 13.5. The summed E-state index contributed by atoms with van der Waals surface area (Å²) in [5.41, 5.74) is 5.68. The fourth-order valence-electron chi connectivity index (χ4n) is 1.95. The summed E-state index contributed by atoms with van der Waals surface area (Å²) >= 11 is 1.31. The monoisotopic (exact) mass is 313 g/mol. The van der Waals surface area contributed by atoms with Gasteiger partial charge >= 0.3 is 6.68 Å². The van der Waals surface area contributed by atoms with Crippen molar-refractivity contribution in [1.29, 1.82) is 0 Å². The van der Waals surface area contributed by atoms with Crippen LogP contribution in [-0.2, 0) is 11.8 Å². The molecule has 0 amide bonds. The van der Waals surface area contributed by atoms with E-state index in [1.165, 1.54) is 43.8 Å². The minimum absolute atomic E-state index is 1.31. The zero-order chi connectivity index (χ0) is 16.0. The molecule has 0 aliphatic heterocycles. The van der Waals surface area contributed by atoms with Gasteiger partial charge in [-0.3, -0.25) is 0 Å². The molecule has 0 saturated heterocycles. The third-order valence-electron chi connectivity index (χ3n) is 3.46. The Kier molecular flexibility index (Phi) is 6.82. The second-order valence-electron chi connectivity index (χ2n) is 4.78. The number of rotatable bonds is 2. The van der Waals surface area contributed by atoms with Gasteiger partial charge in [-0.25, -0.2) is 0 Å². The highest BCUT2D eigenvalue weighted by Gasteiger charge is 2.14. The maximum Gasteiger partial charge on any atom is 0.379 e. The van der Waals surface area contributed by atoms with Crippen LogP contribution < -0.4 is 0 Å². The van der Waals surface area contributed by atoms with Crippen LogP contribution >= 0.6 is 0 Å². The van der Waals surface area contributed by atoms with E-state index in [1.807, 2.05) is 0 Å². The highest BCUT2D eigenvalue weighted by Crippen LogP contribution is 2.24. The van der Waals surface area contributed by atoms with Crippen LogP contribution in [0, 0.1) is 27.7 Å². The van der Waals surface area contributed by atoms with Gasteiger partial charge in [-0.15, -0.1) is 0 Å². The molecule has 0 saturated carbocycles. The standard InChI is InChI=1S/C16H18S.CHF3/c1-11-10-16(14(4)13(3)12(11)2)17-15-8-6-5-7-9-15;2-1(3)4/h5-10H,1-4H3;1H/p+1. The van der Waals surface area contributed by atoms with Gasteiger partial charge in [0.05, 0.1) is 0 Å². The van der Waals surface area contributed by atoms with Gasteiger partial charge in [-0.1, -0.05) is 18.2 Å². The minimum Gasteiger partial charge on any atom is -0.174 e. The molecule has 114 valence electrons. The summed E-state index contributed by atoms with van der Waals surface area (Å²) < 4.78 is 29.0. The summed E-state index contributed by atoms with van der Waals surface area (Å²) in [5.74, 6) is 0. The first-order valence-electron chi connectivity index (χ1n) is 6.59. The van der Waals surface area contributed by atoms with E-state index in [4.69, 9.17) is 0 Å². The van der Waals surface area contributed by atoms with Gasteiger partial charge in [0.25, 0.3) is 0 Å². The van der Waals surface area contributed by atoms with E-state index in [2.05, 4.69) is 64.1 Å². The molecule has 0 atom stereocenters. The van der Waals surface area contributed by atoms with Crippen molar-refractivity contribution in [1.82, 2.24) is 0 Å². The Hall–Kier alpha value is -1.42. The van der Waals surface area contributed by atoms with Gasteiger partial charge in [0, 0.05) is 17.3 Å². The van der Waals surface area contributed by atoms with E-state index in [9.17, 15) is 13.2 Å². The van der Waals surface area contributed by atoms with Crippen molar-refractivity contribution < 1.29 is 13.2 Å². The third kappa shape index (κ3) is 5.46. The average molecular weight is 313 g/mol. The maximum atomic E-state index is 9.67. The van der Waals surface area contributed by atoms with Gasteiger partial charge < -0.3 is 0 Å². The number of aryl methyl sites for hydroxylation is 1. The Labute approximate surface area is 128 Å². The predicted molar refractivity (Wildman–Crippen MR) is 84.2 cm³/mol. The van der Waals surface area contributed by atoms with E-state index in [0.717, 1.165) is 0 Å². The van der Waals surface area contributed by atoms with E-state index in [-0.39, 0.29) is 0 Å². The van der Waals surface area contributed by atoms with Crippen LogP contribution in [0.5, 0.6) is 0 Å². The van der Waals surface area contributed by atoms with Crippen LogP contribution in [0.4, 0.5) is 13.2 Å². The second-order valence-corrected chi connectivity index (χ2v) is 6.00. The number of hydrogen-bond donors (Lipinski definition) is 0. The number of halogens is 3. The molecule has 0 aromatic heterocycles. The highest BCUT2D eigenvalue weighted by atomic mass is 32.2. The SMILES string of the molecule is Cc1cc([SH+]c2ccccc2)c(C)c(C)c1C.FC(F)F. The molecule has 4 heteroatoms. The number of thiol groups is 1. The lowest BCUT2D eigenvalue weighted by Crippen LogP contribution is -1.97. The van der Waals surface area contributed by atoms with Crippen LogP contribution in [0.3, 0.4) is 0 Å². The molecule has 0 aliphatic carbocycles. The van der Waals surface area contributed by atoms with Crippen LogP contribution in [0.2, 0.25) is 0 Å². The van der Waals surface area contributed by atoms with Crippen molar-refractivity contribution in [2.75, 3.05) is 0 Å². The summed E-state index contributed by atoms with van der Waals surface area (Å²) in [5, 5.41) is 0. The fourth-order valence-corrected chi connectivity index (χ4v) is 3.14. The van der Waals surface area contributed by atoms with Crippen LogP contribution in [0.15, 0.2) is 46.2 Å². The van der Waals surface area contributed by atoms with Crippen LogP contribution in [0.1, 0.15) is 22.3 Å². The maximum absolute atomic E-state index is 9.67. The van der Waals surface area contributed by atoms with E-state index in [0.29, 0.717) is 0 Å². The molecule has 0 spiro atoms. The minimum atomic E-state index is -3.67. The zero-order valence-electron chi connectivity index (χ0n) is 12.6. The molecule has 0 fully saturated rings. The molecule has 0 nitrogen and oxygen atoms in total. The van der Waals surface area contributed by atoms with Crippen molar-refractivity contribution in [3.8, 4) is 0 Å². The Balaban J connectivity index is 0.000000491. The third-order valence-corrected chi connectivity index (χ3v) is 4.72. The molecule has 0 N–H and O–H groups in total.